The lowest BCUT2D eigenvalue weighted by molar-refractivity contribution is -0.166. The van der Waals surface area contributed by atoms with Gasteiger partial charge >= 0.3 is 29.8 Å². The summed E-state index contributed by atoms with van der Waals surface area (Å²) in [7, 11) is 0. The van der Waals surface area contributed by atoms with Gasteiger partial charge in [-0.3, -0.25) is 4.79 Å². The summed E-state index contributed by atoms with van der Waals surface area (Å²) in [6, 6.07) is 17.5. The van der Waals surface area contributed by atoms with Crippen LogP contribution in [0, 0.1) is 13.8 Å². The molecular formula is C37H45NO11. The molecule has 49 heavy (non-hydrogen) atoms. The van der Waals surface area contributed by atoms with Gasteiger partial charge in [0.05, 0.1) is 17.7 Å². The summed E-state index contributed by atoms with van der Waals surface area (Å²) in [5.74, 6) is -4.81. The van der Waals surface area contributed by atoms with E-state index < -0.39 is 36.1 Å². The number of unbranched alkanes of at least 4 members (excludes halogenated alkanes) is 5. The SMILES string of the molecule is CCCCCCCCOc1ccc(N)cc1COC(C)=O.Cc1ccc(C(=O)OC(=O)C(O)C(O)C(=O)OC(=O)c2ccc(C)cc2)cc1. The van der Waals surface area contributed by atoms with Gasteiger partial charge in [-0.15, -0.1) is 0 Å². The molecule has 0 heterocycles. The van der Waals surface area contributed by atoms with E-state index in [0.717, 1.165) is 28.9 Å². The van der Waals surface area contributed by atoms with Crippen LogP contribution in [-0.2, 0) is 35.2 Å². The largest absolute Gasteiger partial charge is 0.493 e. The molecule has 3 aromatic rings. The lowest BCUT2D eigenvalue weighted by atomic mass is 10.1. The van der Waals surface area contributed by atoms with Crippen molar-refractivity contribution in [3.63, 3.8) is 0 Å². The minimum absolute atomic E-state index is 0.0396. The van der Waals surface area contributed by atoms with E-state index in [0.29, 0.717) is 12.3 Å². The van der Waals surface area contributed by atoms with Crippen LogP contribution in [-0.4, -0.2) is 58.9 Å². The average molecular weight is 680 g/mol. The van der Waals surface area contributed by atoms with Crippen molar-refractivity contribution in [1.82, 2.24) is 0 Å². The zero-order valence-corrected chi connectivity index (χ0v) is 28.3. The first-order chi connectivity index (χ1) is 23.3. The highest BCUT2D eigenvalue weighted by molar-refractivity contribution is 6.01. The molecule has 0 amide bonds. The molecule has 0 saturated carbocycles. The molecule has 0 saturated heterocycles. The maximum Gasteiger partial charge on any atom is 0.346 e. The van der Waals surface area contributed by atoms with Gasteiger partial charge in [0, 0.05) is 18.2 Å². The second-order valence-electron chi connectivity index (χ2n) is 11.3. The first-order valence-corrected chi connectivity index (χ1v) is 16.0. The van der Waals surface area contributed by atoms with E-state index in [1.54, 1.807) is 50.2 Å². The molecule has 2 atom stereocenters. The zero-order chi connectivity index (χ0) is 36.3. The highest BCUT2D eigenvalue weighted by Gasteiger charge is 2.35. The molecule has 0 fully saturated rings. The van der Waals surface area contributed by atoms with Gasteiger partial charge in [-0.2, -0.15) is 0 Å². The average Bonchev–Trinajstić information content (AvgIpc) is 3.07. The molecule has 0 radical (unpaired) electrons. The minimum atomic E-state index is -2.41. The molecule has 0 aliphatic carbocycles. The molecular weight excluding hydrogens is 634 g/mol. The van der Waals surface area contributed by atoms with E-state index >= 15 is 0 Å². The smallest absolute Gasteiger partial charge is 0.346 e. The predicted octanol–water partition coefficient (Wildman–Crippen LogP) is 5.16. The van der Waals surface area contributed by atoms with E-state index in [4.69, 9.17) is 15.2 Å². The maximum atomic E-state index is 11.8. The summed E-state index contributed by atoms with van der Waals surface area (Å²) >= 11 is 0. The van der Waals surface area contributed by atoms with Gasteiger partial charge in [0.25, 0.3) is 0 Å². The number of ether oxygens (including phenoxy) is 4. The Labute approximate surface area is 286 Å². The van der Waals surface area contributed by atoms with Crippen molar-refractivity contribution in [2.24, 2.45) is 0 Å². The standard InChI is InChI=1S/C20H18O8.C17H27NO3/c1-11-3-7-13(8-4-11)17(23)27-19(25)15(21)16(22)20(26)28-18(24)14-9-5-12(2)6-10-14;1-3-4-5-6-7-8-11-20-17-10-9-16(18)12-15(17)13-21-14(2)19/h3-10,15-16,21-22H,1-2H3;9-10,12H,3-8,11,13,18H2,1-2H3. The van der Waals surface area contributed by atoms with Crippen LogP contribution in [0.2, 0.25) is 0 Å². The molecule has 3 aromatic carbocycles. The van der Waals surface area contributed by atoms with Crippen molar-refractivity contribution in [3.8, 4) is 5.75 Å². The summed E-state index contributed by atoms with van der Waals surface area (Å²) in [6.45, 7) is 8.08. The fourth-order valence-electron chi connectivity index (χ4n) is 4.16. The number of hydrogen-bond acceptors (Lipinski definition) is 12. The molecule has 3 rings (SSSR count). The minimum Gasteiger partial charge on any atom is -0.493 e. The second-order valence-corrected chi connectivity index (χ2v) is 11.3. The maximum absolute atomic E-state index is 11.8. The van der Waals surface area contributed by atoms with E-state index in [-0.39, 0.29) is 23.7 Å². The molecule has 12 nitrogen and oxygen atoms in total. The Hall–Kier alpha value is -5.07. The van der Waals surface area contributed by atoms with Crippen LogP contribution in [0.15, 0.2) is 66.7 Å². The van der Waals surface area contributed by atoms with Crippen LogP contribution in [0.4, 0.5) is 5.69 Å². The van der Waals surface area contributed by atoms with E-state index in [1.165, 1.54) is 63.3 Å². The van der Waals surface area contributed by atoms with Crippen LogP contribution in [0.25, 0.3) is 0 Å². The second kappa shape index (κ2) is 21.0. The number of benzene rings is 3. The van der Waals surface area contributed by atoms with Crippen LogP contribution in [0.1, 0.15) is 89.8 Å². The van der Waals surface area contributed by atoms with Gasteiger partial charge in [-0.1, -0.05) is 74.4 Å². The van der Waals surface area contributed by atoms with Crippen molar-refractivity contribution in [3.05, 3.63) is 94.5 Å². The van der Waals surface area contributed by atoms with Gasteiger partial charge in [-0.05, 0) is 62.7 Å². The molecule has 4 N–H and O–H groups in total. The zero-order valence-electron chi connectivity index (χ0n) is 28.3. The third kappa shape index (κ3) is 14.7. The van der Waals surface area contributed by atoms with Crippen molar-refractivity contribution < 1.29 is 53.1 Å². The number of anilines is 1. The number of nitrogen functional groups attached to an aromatic ring is 1. The highest BCUT2D eigenvalue weighted by Crippen LogP contribution is 2.23. The van der Waals surface area contributed by atoms with Crippen molar-refractivity contribution >= 4 is 35.5 Å². The summed E-state index contributed by atoms with van der Waals surface area (Å²) in [5.41, 5.74) is 9.05. The number of aliphatic hydroxyl groups excluding tert-OH is 2. The van der Waals surface area contributed by atoms with Crippen LogP contribution < -0.4 is 10.5 Å². The van der Waals surface area contributed by atoms with Gasteiger partial charge in [0.2, 0.25) is 0 Å². The quantitative estimate of drug-likeness (QED) is 0.0630. The molecule has 12 heteroatoms. The molecule has 0 spiro atoms. The lowest BCUT2D eigenvalue weighted by Crippen LogP contribution is -2.43. The summed E-state index contributed by atoms with van der Waals surface area (Å²) < 4.78 is 19.7. The molecule has 2 unspecified atom stereocenters. The fourth-order valence-corrected chi connectivity index (χ4v) is 4.16. The monoisotopic (exact) mass is 679 g/mol. The summed E-state index contributed by atoms with van der Waals surface area (Å²) in [5, 5.41) is 19.5. The number of hydrogen-bond donors (Lipinski definition) is 3. The van der Waals surface area contributed by atoms with Gasteiger partial charge in [0.15, 0.2) is 12.2 Å². The Morgan fingerprint density at radius 1 is 0.694 bits per heavy atom. The number of carbonyl (C=O) groups is 5. The summed E-state index contributed by atoms with van der Waals surface area (Å²) in [6.07, 6.45) is 2.55. The predicted molar refractivity (Wildman–Crippen MR) is 180 cm³/mol. The third-order valence-electron chi connectivity index (χ3n) is 7.01. The van der Waals surface area contributed by atoms with Crippen LogP contribution >= 0.6 is 0 Å². The number of carbonyl (C=O) groups excluding carboxylic acids is 5. The lowest BCUT2D eigenvalue weighted by Gasteiger charge is -2.14. The van der Waals surface area contributed by atoms with Gasteiger partial charge in [-0.25, -0.2) is 19.2 Å². The van der Waals surface area contributed by atoms with Crippen molar-refractivity contribution in [2.75, 3.05) is 12.3 Å². The molecule has 0 bridgehead atoms. The van der Waals surface area contributed by atoms with E-state index in [1.807, 2.05) is 6.07 Å². The molecule has 264 valence electrons. The van der Waals surface area contributed by atoms with Gasteiger partial charge in [0.1, 0.15) is 12.4 Å². The first-order valence-electron chi connectivity index (χ1n) is 16.0. The van der Waals surface area contributed by atoms with E-state index in [9.17, 15) is 34.2 Å². The Morgan fingerprint density at radius 3 is 1.63 bits per heavy atom. The van der Waals surface area contributed by atoms with E-state index in [2.05, 4.69) is 16.4 Å². The Balaban J connectivity index is 0.000000355. The van der Waals surface area contributed by atoms with Gasteiger partial charge < -0.3 is 34.9 Å². The van der Waals surface area contributed by atoms with Crippen LogP contribution in [0.5, 0.6) is 5.75 Å². The topological polar surface area (TPSA) is 189 Å². The number of aryl methyl sites for hydroxylation is 2. The molecule has 0 aliphatic rings. The normalized spacial score (nSPS) is 11.6. The van der Waals surface area contributed by atoms with Crippen molar-refractivity contribution in [1.29, 1.82) is 0 Å². The Kier molecular flexibility index (Phi) is 17.2. The Bertz CT molecular complexity index is 1460. The first kappa shape index (κ1) is 40.1. The number of rotatable bonds is 15. The number of esters is 5. The Morgan fingerprint density at radius 2 is 1.16 bits per heavy atom. The number of nitrogens with two attached hydrogens (primary N) is 1. The van der Waals surface area contributed by atoms with Crippen molar-refractivity contribution in [2.45, 2.75) is 85.0 Å². The third-order valence-corrected chi connectivity index (χ3v) is 7.01. The number of aliphatic hydroxyl groups is 2. The fraction of sp³-hybridized carbons (Fsp3) is 0.378. The molecule has 0 aliphatic heterocycles. The van der Waals surface area contributed by atoms with Crippen LogP contribution in [0.3, 0.4) is 0 Å². The summed E-state index contributed by atoms with van der Waals surface area (Å²) in [4.78, 5) is 58.2. The molecule has 0 aromatic heterocycles. The highest BCUT2D eigenvalue weighted by atomic mass is 16.6.